The van der Waals surface area contributed by atoms with Crippen molar-refractivity contribution >= 4 is 27.7 Å². The smallest absolute Gasteiger partial charge is 0.304 e. The summed E-state index contributed by atoms with van der Waals surface area (Å²) in [6, 6.07) is 14.9. The van der Waals surface area contributed by atoms with Gasteiger partial charge in [-0.3, -0.25) is 9.59 Å². The maximum Gasteiger partial charge on any atom is 0.304 e. The van der Waals surface area contributed by atoms with Crippen LogP contribution >= 0.6 is 0 Å². The van der Waals surface area contributed by atoms with Crippen LogP contribution < -0.4 is 14.4 Å². The van der Waals surface area contributed by atoms with Gasteiger partial charge >= 0.3 is 10.2 Å². The molecule has 2 rings (SSSR count). The molecule has 0 saturated carbocycles. The highest BCUT2D eigenvalue weighted by molar-refractivity contribution is 7.90. The molecule has 1 unspecified atom stereocenters. The molecule has 0 heterocycles. The van der Waals surface area contributed by atoms with Crippen LogP contribution in [0.5, 0.6) is 5.75 Å². The van der Waals surface area contributed by atoms with E-state index in [4.69, 9.17) is 4.74 Å². The zero-order valence-corrected chi connectivity index (χ0v) is 21.2. The minimum atomic E-state index is -3.97. The molecule has 0 fully saturated rings. The van der Waals surface area contributed by atoms with Gasteiger partial charge in [0.1, 0.15) is 18.3 Å². The molecule has 34 heavy (non-hydrogen) atoms. The summed E-state index contributed by atoms with van der Waals surface area (Å²) in [7, 11) is 0.403. The van der Waals surface area contributed by atoms with Gasteiger partial charge in [-0.1, -0.05) is 37.3 Å². The van der Waals surface area contributed by atoms with Gasteiger partial charge in [0.05, 0.1) is 12.8 Å². The molecule has 0 aliphatic heterocycles. The van der Waals surface area contributed by atoms with E-state index in [2.05, 4.69) is 5.32 Å². The van der Waals surface area contributed by atoms with E-state index in [0.717, 1.165) is 14.2 Å². The summed E-state index contributed by atoms with van der Waals surface area (Å²) in [5.41, 5.74) is 1.12. The quantitative estimate of drug-likeness (QED) is 0.492. The van der Waals surface area contributed by atoms with Crippen LogP contribution in [-0.2, 0) is 26.3 Å². The lowest BCUT2D eigenvalue weighted by Gasteiger charge is -2.33. The molecule has 0 spiro atoms. The summed E-state index contributed by atoms with van der Waals surface area (Å²) >= 11 is 0. The highest BCUT2D eigenvalue weighted by Crippen LogP contribution is 2.22. The number of carbonyl (C=O) groups is 2. The van der Waals surface area contributed by atoms with E-state index in [0.29, 0.717) is 24.4 Å². The molecule has 2 aromatic carbocycles. The van der Waals surface area contributed by atoms with Crippen molar-refractivity contribution in [3.63, 3.8) is 0 Å². The van der Waals surface area contributed by atoms with Gasteiger partial charge in [0.15, 0.2) is 0 Å². The molecule has 10 heteroatoms. The average Bonchev–Trinajstić information content (AvgIpc) is 2.82. The first-order chi connectivity index (χ1) is 16.1. The van der Waals surface area contributed by atoms with Crippen LogP contribution in [0, 0.1) is 0 Å². The number of benzene rings is 2. The van der Waals surface area contributed by atoms with Crippen molar-refractivity contribution in [1.29, 1.82) is 0 Å². The van der Waals surface area contributed by atoms with Crippen LogP contribution in [-0.4, -0.2) is 69.8 Å². The molecule has 0 bridgehead atoms. The lowest BCUT2D eigenvalue weighted by atomic mass is 10.1. The van der Waals surface area contributed by atoms with Crippen molar-refractivity contribution in [3.8, 4) is 5.75 Å². The summed E-state index contributed by atoms with van der Waals surface area (Å²) in [4.78, 5) is 27.9. The predicted molar refractivity (Wildman–Crippen MR) is 133 cm³/mol. The number of rotatable bonds is 12. The van der Waals surface area contributed by atoms with Crippen LogP contribution in [0.25, 0.3) is 0 Å². The monoisotopic (exact) mass is 490 g/mol. The molecule has 1 N–H and O–H groups in total. The highest BCUT2D eigenvalue weighted by Gasteiger charge is 2.33. The predicted octanol–water partition coefficient (Wildman–Crippen LogP) is 2.25. The van der Waals surface area contributed by atoms with Gasteiger partial charge in [0.2, 0.25) is 11.8 Å². The van der Waals surface area contributed by atoms with E-state index < -0.39 is 28.7 Å². The molecule has 186 valence electrons. The van der Waals surface area contributed by atoms with Crippen LogP contribution in [0.15, 0.2) is 54.6 Å². The van der Waals surface area contributed by atoms with Crippen LogP contribution in [0.4, 0.5) is 5.69 Å². The van der Waals surface area contributed by atoms with Gasteiger partial charge in [-0.2, -0.15) is 12.7 Å². The standard InChI is InChI=1S/C24H34N4O5S/c1-6-22(24(30)25-7-2)27(17-19-12-11-15-21(16-19)33-5)23(29)18-28(34(31,32)26(3)4)20-13-9-8-10-14-20/h8-16,22H,6-7,17-18H2,1-5H3,(H,25,30). The van der Waals surface area contributed by atoms with E-state index in [9.17, 15) is 18.0 Å². The number of methoxy groups -OCH3 is 1. The van der Waals surface area contributed by atoms with Gasteiger partial charge in [-0.25, -0.2) is 4.31 Å². The van der Waals surface area contributed by atoms with Gasteiger partial charge in [0.25, 0.3) is 0 Å². The second kappa shape index (κ2) is 12.4. The SMILES string of the molecule is CCNC(=O)C(CC)N(Cc1cccc(OC)c1)C(=O)CN(c1ccccc1)S(=O)(=O)N(C)C. The van der Waals surface area contributed by atoms with Gasteiger partial charge < -0.3 is 15.0 Å². The molecule has 0 aromatic heterocycles. The molecule has 1 atom stereocenters. The lowest BCUT2D eigenvalue weighted by Crippen LogP contribution is -2.53. The molecular formula is C24H34N4O5S. The summed E-state index contributed by atoms with van der Waals surface area (Å²) in [6.07, 6.45) is 0.368. The van der Waals surface area contributed by atoms with Crippen LogP contribution in [0.1, 0.15) is 25.8 Å². The molecule has 0 aliphatic carbocycles. The fraction of sp³-hybridized carbons (Fsp3) is 0.417. The van der Waals surface area contributed by atoms with Crippen LogP contribution in [0.2, 0.25) is 0 Å². The number of anilines is 1. The molecule has 2 amide bonds. The maximum absolute atomic E-state index is 13.7. The number of hydrogen-bond acceptors (Lipinski definition) is 5. The number of nitrogens with zero attached hydrogens (tertiary/aromatic N) is 3. The number of nitrogens with one attached hydrogen (secondary N) is 1. The Morgan fingerprint density at radius 2 is 1.71 bits per heavy atom. The fourth-order valence-corrected chi connectivity index (χ4v) is 4.55. The minimum Gasteiger partial charge on any atom is -0.497 e. The third-order valence-electron chi connectivity index (χ3n) is 5.29. The Balaban J connectivity index is 2.48. The number of ether oxygens (including phenoxy) is 1. The Labute approximate surface area is 202 Å². The Kier molecular flexibility index (Phi) is 9.88. The third kappa shape index (κ3) is 6.71. The second-order valence-corrected chi connectivity index (χ2v) is 9.89. The molecule has 0 radical (unpaired) electrons. The number of amides is 2. The van der Waals surface area contributed by atoms with E-state index >= 15 is 0 Å². The first-order valence-corrected chi connectivity index (χ1v) is 12.5. The number of hydrogen-bond donors (Lipinski definition) is 1. The summed E-state index contributed by atoms with van der Waals surface area (Å²) in [5, 5.41) is 2.78. The third-order valence-corrected chi connectivity index (χ3v) is 7.11. The Morgan fingerprint density at radius 1 is 1.03 bits per heavy atom. The number of carbonyl (C=O) groups excluding carboxylic acids is 2. The fourth-order valence-electron chi connectivity index (χ4n) is 3.49. The zero-order chi connectivity index (χ0) is 25.3. The number of para-hydroxylation sites is 1. The molecule has 0 aliphatic rings. The normalized spacial score (nSPS) is 12.2. The lowest BCUT2D eigenvalue weighted by molar-refractivity contribution is -0.140. The average molecular weight is 491 g/mol. The number of likely N-dealkylation sites (N-methyl/N-ethyl adjacent to an activating group) is 1. The second-order valence-electron chi connectivity index (χ2n) is 7.82. The van der Waals surface area contributed by atoms with Gasteiger partial charge in [-0.05, 0) is 43.2 Å². The Bertz CT molecular complexity index is 1060. The maximum atomic E-state index is 13.7. The van der Waals surface area contributed by atoms with Crippen molar-refractivity contribution in [3.05, 3.63) is 60.2 Å². The van der Waals surface area contributed by atoms with E-state index in [-0.39, 0.29) is 12.5 Å². The van der Waals surface area contributed by atoms with Gasteiger partial charge in [0, 0.05) is 27.2 Å². The molecular weight excluding hydrogens is 456 g/mol. The van der Waals surface area contributed by atoms with Gasteiger partial charge in [-0.15, -0.1) is 0 Å². The first-order valence-electron chi connectivity index (χ1n) is 11.1. The summed E-state index contributed by atoms with van der Waals surface area (Å²) < 4.78 is 33.6. The minimum absolute atomic E-state index is 0.121. The van der Waals surface area contributed by atoms with Crippen molar-refractivity contribution < 1.29 is 22.7 Å². The van der Waals surface area contributed by atoms with Crippen LogP contribution in [0.3, 0.4) is 0 Å². The van der Waals surface area contributed by atoms with E-state index in [1.807, 2.05) is 13.0 Å². The van der Waals surface area contributed by atoms with Crippen molar-refractivity contribution in [2.75, 3.05) is 38.6 Å². The first kappa shape index (κ1) is 27.1. The summed E-state index contributed by atoms with van der Waals surface area (Å²) in [5.74, 6) is -0.157. The topological polar surface area (TPSA) is 99.3 Å². The zero-order valence-electron chi connectivity index (χ0n) is 20.4. The molecule has 0 saturated heterocycles. The van der Waals surface area contributed by atoms with Crippen molar-refractivity contribution in [2.45, 2.75) is 32.9 Å². The van der Waals surface area contributed by atoms with Crippen molar-refractivity contribution in [2.24, 2.45) is 0 Å². The Hall–Kier alpha value is -3.11. The van der Waals surface area contributed by atoms with E-state index in [1.54, 1.807) is 62.6 Å². The summed E-state index contributed by atoms with van der Waals surface area (Å²) in [6.45, 7) is 3.71. The van der Waals surface area contributed by atoms with Crippen molar-refractivity contribution in [1.82, 2.24) is 14.5 Å². The van der Waals surface area contributed by atoms with E-state index in [1.165, 1.54) is 19.0 Å². The highest BCUT2D eigenvalue weighted by atomic mass is 32.2. The largest absolute Gasteiger partial charge is 0.497 e. The Morgan fingerprint density at radius 3 is 2.26 bits per heavy atom. The molecule has 9 nitrogen and oxygen atoms in total. The molecule has 2 aromatic rings.